The Bertz CT molecular complexity index is 979. The number of benzene rings is 2. The lowest BCUT2D eigenvalue weighted by Gasteiger charge is -2.13. The predicted octanol–water partition coefficient (Wildman–Crippen LogP) is 4.55. The van der Waals surface area contributed by atoms with Gasteiger partial charge in [-0.3, -0.25) is 0 Å². The van der Waals surface area contributed by atoms with Crippen LogP contribution in [0.2, 0.25) is 10.0 Å². The van der Waals surface area contributed by atoms with E-state index in [-0.39, 0.29) is 12.6 Å². The van der Waals surface area contributed by atoms with Gasteiger partial charge < -0.3 is 10.5 Å². The summed E-state index contributed by atoms with van der Waals surface area (Å²) in [6, 6.07) is 8.94. The lowest BCUT2D eigenvalue weighted by Crippen LogP contribution is -2.03. The molecule has 0 spiro atoms. The number of nitrogens with two attached hydrogens (primary N) is 1. The minimum atomic E-state index is 0.0747. The number of hydrogen-bond acceptors (Lipinski definition) is 6. The molecule has 0 aliphatic rings. The number of tetrazole rings is 1. The first-order chi connectivity index (χ1) is 12.4. The Hall–Kier alpha value is -1.68. The topological polar surface area (TPSA) is 91.2 Å². The van der Waals surface area contributed by atoms with Crippen molar-refractivity contribution in [2.24, 2.45) is 5.10 Å². The molecule has 134 valence electrons. The minimum absolute atomic E-state index is 0.0747. The average Bonchev–Trinajstić information content (AvgIpc) is 2.98. The van der Waals surface area contributed by atoms with E-state index in [0.717, 1.165) is 19.3 Å². The second kappa shape index (κ2) is 8.34. The molecule has 2 aromatic carbocycles. The highest BCUT2D eigenvalue weighted by atomic mass is 79.9. The highest BCUT2D eigenvalue weighted by Gasteiger charge is 2.11. The van der Waals surface area contributed by atoms with E-state index < -0.39 is 0 Å². The van der Waals surface area contributed by atoms with Gasteiger partial charge in [-0.25, -0.2) is 0 Å². The monoisotopic (exact) mass is 518 g/mol. The largest absolute Gasteiger partial charge is 0.487 e. The highest BCUT2D eigenvalue weighted by molar-refractivity contribution is 9.11. The van der Waals surface area contributed by atoms with Crippen LogP contribution in [0, 0.1) is 0 Å². The van der Waals surface area contributed by atoms with Crippen LogP contribution in [0.25, 0.3) is 0 Å². The number of halogens is 4. The molecule has 3 rings (SSSR count). The molecular formula is C15H10Br2Cl2N6O. The van der Waals surface area contributed by atoms with Gasteiger partial charge in [0.05, 0.1) is 10.7 Å². The Morgan fingerprint density at radius 2 is 2.04 bits per heavy atom. The third kappa shape index (κ3) is 4.53. The van der Waals surface area contributed by atoms with Crippen molar-refractivity contribution in [3.8, 4) is 5.75 Å². The lowest BCUT2D eigenvalue weighted by molar-refractivity contribution is 0.304. The summed E-state index contributed by atoms with van der Waals surface area (Å²) in [6.07, 6.45) is 1.54. The minimum Gasteiger partial charge on any atom is -0.487 e. The van der Waals surface area contributed by atoms with Gasteiger partial charge in [0.15, 0.2) is 0 Å². The molecule has 0 bridgehead atoms. The maximum absolute atomic E-state index is 6.20. The van der Waals surface area contributed by atoms with Gasteiger partial charge in [-0.1, -0.05) is 55.1 Å². The second-order valence-electron chi connectivity index (χ2n) is 5.00. The normalized spacial score (nSPS) is 11.2. The predicted molar refractivity (Wildman–Crippen MR) is 108 cm³/mol. The molecule has 0 aliphatic carbocycles. The number of aromatic nitrogens is 4. The summed E-state index contributed by atoms with van der Waals surface area (Å²) in [7, 11) is 0. The number of rotatable bonds is 5. The molecule has 3 aromatic rings. The molecule has 26 heavy (non-hydrogen) atoms. The molecule has 0 radical (unpaired) electrons. The SMILES string of the molecule is Nc1nnnn1N=Cc1cc(Br)cc(Br)c1OCc1ccc(Cl)cc1Cl. The molecule has 0 saturated carbocycles. The van der Waals surface area contributed by atoms with E-state index in [0.29, 0.717) is 21.4 Å². The summed E-state index contributed by atoms with van der Waals surface area (Å²) in [5.41, 5.74) is 7.09. The second-order valence-corrected chi connectivity index (χ2v) is 7.62. The molecule has 2 N–H and O–H groups in total. The summed E-state index contributed by atoms with van der Waals surface area (Å²) in [4.78, 5) is 1.11. The van der Waals surface area contributed by atoms with Crippen LogP contribution in [0.3, 0.4) is 0 Å². The molecule has 11 heteroatoms. The Kier molecular flexibility index (Phi) is 6.13. The van der Waals surface area contributed by atoms with Crippen LogP contribution in [0.4, 0.5) is 5.95 Å². The molecule has 1 heterocycles. The van der Waals surface area contributed by atoms with E-state index in [1.54, 1.807) is 18.3 Å². The Morgan fingerprint density at radius 3 is 2.73 bits per heavy atom. The zero-order chi connectivity index (χ0) is 18.7. The van der Waals surface area contributed by atoms with Crippen LogP contribution < -0.4 is 10.5 Å². The van der Waals surface area contributed by atoms with Crippen LogP contribution in [0.1, 0.15) is 11.1 Å². The van der Waals surface area contributed by atoms with Gasteiger partial charge >= 0.3 is 0 Å². The van der Waals surface area contributed by atoms with Crippen molar-refractivity contribution < 1.29 is 4.74 Å². The molecule has 0 amide bonds. The van der Waals surface area contributed by atoms with E-state index in [1.807, 2.05) is 18.2 Å². The van der Waals surface area contributed by atoms with Crippen molar-refractivity contribution in [2.45, 2.75) is 6.61 Å². The van der Waals surface area contributed by atoms with Crippen molar-refractivity contribution in [1.82, 2.24) is 20.3 Å². The number of nitrogens with zero attached hydrogens (tertiary/aromatic N) is 5. The van der Waals surface area contributed by atoms with E-state index >= 15 is 0 Å². The zero-order valence-electron chi connectivity index (χ0n) is 12.9. The average molecular weight is 521 g/mol. The number of ether oxygens (including phenoxy) is 1. The summed E-state index contributed by atoms with van der Waals surface area (Å²) in [6.45, 7) is 0.254. The van der Waals surface area contributed by atoms with Gasteiger partial charge in [-0.2, -0.15) is 5.10 Å². The van der Waals surface area contributed by atoms with E-state index in [2.05, 4.69) is 52.5 Å². The maximum atomic E-state index is 6.20. The maximum Gasteiger partial charge on any atom is 0.263 e. The number of nitrogen functional groups attached to an aromatic ring is 1. The van der Waals surface area contributed by atoms with Crippen molar-refractivity contribution in [3.05, 3.63) is 60.4 Å². The molecule has 0 fully saturated rings. The van der Waals surface area contributed by atoms with Crippen LogP contribution in [-0.2, 0) is 6.61 Å². The van der Waals surface area contributed by atoms with E-state index in [4.69, 9.17) is 33.7 Å². The van der Waals surface area contributed by atoms with E-state index in [1.165, 1.54) is 0 Å². The van der Waals surface area contributed by atoms with Crippen molar-refractivity contribution in [3.63, 3.8) is 0 Å². The molecule has 7 nitrogen and oxygen atoms in total. The fourth-order valence-electron chi connectivity index (χ4n) is 2.01. The summed E-state index contributed by atoms with van der Waals surface area (Å²) >= 11 is 19.1. The van der Waals surface area contributed by atoms with Crippen LogP contribution in [0.5, 0.6) is 5.75 Å². The fourth-order valence-corrected chi connectivity index (χ4v) is 3.84. The lowest BCUT2D eigenvalue weighted by atomic mass is 10.2. The first-order valence-corrected chi connectivity index (χ1v) is 9.42. The molecule has 1 aromatic heterocycles. The van der Waals surface area contributed by atoms with Crippen molar-refractivity contribution in [2.75, 3.05) is 5.73 Å². The summed E-state index contributed by atoms with van der Waals surface area (Å²) in [5.74, 6) is 0.653. The molecule has 0 aliphatic heterocycles. The first kappa shape index (κ1) is 19.1. The van der Waals surface area contributed by atoms with Crippen LogP contribution in [-0.4, -0.2) is 26.5 Å². The van der Waals surface area contributed by atoms with Gasteiger partial charge in [0, 0.05) is 25.6 Å². The molecule has 0 atom stereocenters. The van der Waals surface area contributed by atoms with Crippen LogP contribution in [0.15, 0.2) is 44.4 Å². The summed E-state index contributed by atoms with van der Waals surface area (Å²) in [5, 5.41) is 15.9. The molecule has 0 unspecified atom stereocenters. The standard InChI is InChI=1S/C15H10Br2Cl2N6O/c16-10-3-9(6-21-25-15(20)22-23-24-25)14(12(17)4-10)26-7-8-1-2-11(18)5-13(8)19/h1-6H,7H2,(H2,20,22,24). The van der Waals surface area contributed by atoms with Gasteiger partial charge in [0.2, 0.25) is 0 Å². The number of hydrogen-bond donors (Lipinski definition) is 1. The first-order valence-electron chi connectivity index (χ1n) is 7.08. The van der Waals surface area contributed by atoms with E-state index in [9.17, 15) is 0 Å². The third-order valence-electron chi connectivity index (χ3n) is 3.21. The zero-order valence-corrected chi connectivity index (χ0v) is 17.6. The van der Waals surface area contributed by atoms with Crippen molar-refractivity contribution in [1.29, 1.82) is 0 Å². The highest BCUT2D eigenvalue weighted by Crippen LogP contribution is 2.33. The smallest absolute Gasteiger partial charge is 0.263 e. The van der Waals surface area contributed by atoms with Crippen LogP contribution >= 0.6 is 55.1 Å². The Morgan fingerprint density at radius 1 is 1.23 bits per heavy atom. The van der Waals surface area contributed by atoms with Gasteiger partial charge in [0.1, 0.15) is 12.4 Å². The third-order valence-corrected chi connectivity index (χ3v) is 4.84. The quantitative estimate of drug-likeness (QED) is 0.498. The van der Waals surface area contributed by atoms with Crippen molar-refractivity contribution >= 4 is 67.2 Å². The fraction of sp³-hybridized carbons (Fsp3) is 0.0667. The molecule has 0 saturated heterocycles. The molecular weight excluding hydrogens is 511 g/mol. The van der Waals surface area contributed by atoms with Gasteiger partial charge in [-0.15, -0.1) is 0 Å². The van der Waals surface area contributed by atoms with Gasteiger partial charge in [0.25, 0.3) is 5.95 Å². The summed E-state index contributed by atoms with van der Waals surface area (Å²) < 4.78 is 7.53. The number of anilines is 1. The van der Waals surface area contributed by atoms with Gasteiger partial charge in [-0.05, 0) is 50.6 Å². The Balaban J connectivity index is 1.88. The Labute approximate surface area is 175 Å².